The van der Waals surface area contributed by atoms with Gasteiger partial charge in [-0.25, -0.2) is 18.1 Å². The summed E-state index contributed by atoms with van der Waals surface area (Å²) in [6.07, 6.45) is 4.45. The van der Waals surface area contributed by atoms with Gasteiger partial charge in [0, 0.05) is 29.9 Å². The van der Waals surface area contributed by atoms with E-state index in [1.54, 1.807) is 22.7 Å². The van der Waals surface area contributed by atoms with Crippen LogP contribution in [-0.4, -0.2) is 39.3 Å². The van der Waals surface area contributed by atoms with Crippen LogP contribution in [0.3, 0.4) is 0 Å². The van der Waals surface area contributed by atoms with Gasteiger partial charge in [-0.15, -0.1) is 22.7 Å². The monoisotopic (exact) mass is 385 g/mol. The van der Waals surface area contributed by atoms with Crippen LogP contribution in [0.25, 0.3) is 10.6 Å². The molecule has 1 saturated heterocycles. The summed E-state index contributed by atoms with van der Waals surface area (Å²) >= 11 is 3.40. The summed E-state index contributed by atoms with van der Waals surface area (Å²) < 4.78 is 24.7. The van der Waals surface area contributed by atoms with Gasteiger partial charge in [0.2, 0.25) is 10.0 Å². The number of piperidine rings is 1. The van der Waals surface area contributed by atoms with Crippen LogP contribution in [0.5, 0.6) is 0 Å². The number of aromatic nitrogens is 1. The van der Waals surface area contributed by atoms with E-state index in [0.717, 1.165) is 34.7 Å². The Kier molecular flexibility index (Phi) is 5.59. The van der Waals surface area contributed by atoms with Crippen LogP contribution < -0.4 is 9.62 Å². The molecular weight excluding hydrogens is 362 g/mol. The fourth-order valence-corrected chi connectivity index (χ4v) is 5.27. The number of nitrogens with zero attached hydrogens (tertiary/aromatic N) is 2. The van der Waals surface area contributed by atoms with Crippen LogP contribution >= 0.6 is 22.7 Å². The number of nitrogens with one attached hydrogen (secondary N) is 1. The van der Waals surface area contributed by atoms with Crippen LogP contribution in [0.2, 0.25) is 0 Å². The highest BCUT2D eigenvalue weighted by Gasteiger charge is 2.19. The summed E-state index contributed by atoms with van der Waals surface area (Å²) in [4.78, 5) is 9.53. The molecule has 3 rings (SSSR count). The Bertz CT molecular complexity index is 782. The van der Waals surface area contributed by atoms with Gasteiger partial charge < -0.3 is 4.90 Å². The molecule has 1 aliphatic rings. The van der Waals surface area contributed by atoms with Gasteiger partial charge in [-0.2, -0.15) is 0 Å². The molecule has 0 saturated carbocycles. The smallest absolute Gasteiger partial charge is 0.208 e. The number of hydrogen-bond acceptors (Lipinski definition) is 6. The second-order valence-corrected chi connectivity index (χ2v) is 10.2. The van der Waals surface area contributed by atoms with Crippen molar-refractivity contribution in [2.75, 3.05) is 30.8 Å². The molecule has 0 spiro atoms. The lowest BCUT2D eigenvalue weighted by molar-refractivity contribution is 0.446. The molecule has 1 atom stereocenters. The molecule has 132 valence electrons. The number of anilines is 1. The maximum Gasteiger partial charge on any atom is 0.208 e. The molecule has 0 aliphatic carbocycles. The third-order valence-corrected chi connectivity index (χ3v) is 6.87. The number of rotatable bonds is 6. The van der Waals surface area contributed by atoms with Crippen molar-refractivity contribution in [3.63, 3.8) is 0 Å². The number of thiazole rings is 1. The molecule has 0 aromatic carbocycles. The topological polar surface area (TPSA) is 62.3 Å². The Morgan fingerprint density at radius 3 is 3.00 bits per heavy atom. The Labute approximate surface area is 151 Å². The van der Waals surface area contributed by atoms with E-state index in [4.69, 9.17) is 4.98 Å². The molecular formula is C16H23N3O2S3. The van der Waals surface area contributed by atoms with Gasteiger partial charge in [-0.05, 0) is 37.3 Å². The van der Waals surface area contributed by atoms with Gasteiger partial charge in [0.05, 0.1) is 16.8 Å². The highest BCUT2D eigenvalue weighted by atomic mass is 32.2. The molecule has 1 fully saturated rings. The molecule has 3 heterocycles. The summed E-state index contributed by atoms with van der Waals surface area (Å²) in [6.45, 7) is 4.94. The minimum Gasteiger partial charge on any atom is -0.348 e. The first-order valence-corrected chi connectivity index (χ1v) is 11.7. The van der Waals surface area contributed by atoms with Gasteiger partial charge in [0.25, 0.3) is 0 Å². The summed E-state index contributed by atoms with van der Waals surface area (Å²) in [5.41, 5.74) is 1.03. The molecule has 0 unspecified atom stereocenters. The molecule has 0 bridgehead atoms. The van der Waals surface area contributed by atoms with Gasteiger partial charge in [-0.1, -0.05) is 6.92 Å². The van der Waals surface area contributed by atoms with Crippen molar-refractivity contribution in [1.82, 2.24) is 9.71 Å². The average molecular weight is 386 g/mol. The Morgan fingerprint density at radius 1 is 1.42 bits per heavy atom. The standard InChI is InChI=1S/C16H23N3O2S3/c1-12-4-3-9-19(10-12)16-18-14(11-22-16)15-6-5-13(23-15)7-8-17-24(2,20)21/h5-6,11-12,17H,3-4,7-10H2,1-2H3/t12-/m1/s1. The van der Waals surface area contributed by atoms with E-state index in [1.807, 2.05) is 0 Å². The molecule has 5 nitrogen and oxygen atoms in total. The van der Waals surface area contributed by atoms with E-state index in [-0.39, 0.29) is 0 Å². The van der Waals surface area contributed by atoms with Crippen LogP contribution in [0, 0.1) is 5.92 Å². The molecule has 8 heteroatoms. The first-order chi connectivity index (χ1) is 11.4. The largest absolute Gasteiger partial charge is 0.348 e. The van der Waals surface area contributed by atoms with Gasteiger partial charge in [-0.3, -0.25) is 0 Å². The SMILES string of the molecule is C[C@@H]1CCCN(c2nc(-c3ccc(CCNS(C)(=O)=O)s3)cs2)C1. The fourth-order valence-electron chi connectivity index (χ4n) is 2.90. The van der Waals surface area contributed by atoms with Gasteiger partial charge in [0.15, 0.2) is 5.13 Å². The maximum absolute atomic E-state index is 11.1. The minimum atomic E-state index is -3.11. The highest BCUT2D eigenvalue weighted by molar-refractivity contribution is 7.88. The third kappa shape index (κ3) is 4.78. The highest BCUT2D eigenvalue weighted by Crippen LogP contribution is 2.33. The van der Waals surface area contributed by atoms with Crippen LogP contribution in [-0.2, 0) is 16.4 Å². The average Bonchev–Trinajstić information content (AvgIpc) is 3.14. The van der Waals surface area contributed by atoms with Gasteiger partial charge >= 0.3 is 0 Å². The Hall–Kier alpha value is -0.960. The van der Waals surface area contributed by atoms with Crippen molar-refractivity contribution < 1.29 is 8.42 Å². The molecule has 1 aliphatic heterocycles. The number of thiophene rings is 1. The normalized spacial score (nSPS) is 18.9. The zero-order chi connectivity index (χ0) is 17.2. The first kappa shape index (κ1) is 17.8. The number of hydrogen-bond donors (Lipinski definition) is 1. The third-order valence-electron chi connectivity index (χ3n) is 4.07. The Morgan fingerprint density at radius 2 is 2.25 bits per heavy atom. The van der Waals surface area contributed by atoms with Crippen molar-refractivity contribution in [3.05, 3.63) is 22.4 Å². The predicted octanol–water partition coefficient (Wildman–Crippen LogP) is 3.20. The fraction of sp³-hybridized carbons (Fsp3) is 0.562. The minimum absolute atomic E-state index is 0.437. The Balaban J connectivity index is 1.63. The summed E-state index contributed by atoms with van der Waals surface area (Å²) in [7, 11) is -3.11. The summed E-state index contributed by atoms with van der Waals surface area (Å²) in [5, 5.41) is 3.24. The lowest BCUT2D eigenvalue weighted by atomic mass is 10.0. The van der Waals surface area contributed by atoms with Crippen molar-refractivity contribution in [2.45, 2.75) is 26.2 Å². The molecule has 2 aromatic heterocycles. The lowest BCUT2D eigenvalue weighted by Crippen LogP contribution is -2.34. The van der Waals surface area contributed by atoms with Crippen molar-refractivity contribution in [1.29, 1.82) is 0 Å². The number of sulfonamides is 1. The van der Waals surface area contributed by atoms with E-state index >= 15 is 0 Å². The van der Waals surface area contributed by atoms with Crippen molar-refractivity contribution in [3.8, 4) is 10.6 Å². The van der Waals surface area contributed by atoms with Crippen LogP contribution in [0.1, 0.15) is 24.6 Å². The first-order valence-electron chi connectivity index (χ1n) is 8.15. The van der Waals surface area contributed by atoms with E-state index in [9.17, 15) is 8.42 Å². The van der Waals surface area contributed by atoms with Crippen LogP contribution in [0.4, 0.5) is 5.13 Å². The van der Waals surface area contributed by atoms with Crippen LogP contribution in [0.15, 0.2) is 17.5 Å². The summed E-state index contributed by atoms with van der Waals surface area (Å²) in [6, 6.07) is 4.14. The molecule has 24 heavy (non-hydrogen) atoms. The maximum atomic E-state index is 11.1. The molecule has 2 aromatic rings. The zero-order valence-corrected chi connectivity index (χ0v) is 16.4. The predicted molar refractivity (Wildman–Crippen MR) is 103 cm³/mol. The molecule has 1 N–H and O–H groups in total. The van der Waals surface area contributed by atoms with E-state index < -0.39 is 10.0 Å². The zero-order valence-electron chi connectivity index (χ0n) is 14.0. The molecule has 0 amide bonds. The second kappa shape index (κ2) is 7.51. The van der Waals surface area contributed by atoms with Crippen molar-refractivity contribution >= 4 is 37.8 Å². The lowest BCUT2D eigenvalue weighted by Gasteiger charge is -2.30. The van der Waals surface area contributed by atoms with E-state index in [0.29, 0.717) is 13.0 Å². The van der Waals surface area contributed by atoms with Gasteiger partial charge in [0.1, 0.15) is 0 Å². The second-order valence-electron chi connectivity index (χ2n) is 6.39. The van der Waals surface area contributed by atoms with E-state index in [1.165, 1.54) is 24.0 Å². The summed E-state index contributed by atoms with van der Waals surface area (Å²) in [5.74, 6) is 0.738. The van der Waals surface area contributed by atoms with E-state index in [2.05, 4.69) is 34.1 Å². The van der Waals surface area contributed by atoms with Crippen molar-refractivity contribution in [2.24, 2.45) is 5.92 Å². The quantitative estimate of drug-likeness (QED) is 0.829. The molecule has 0 radical (unpaired) electrons.